The second-order valence-electron chi connectivity index (χ2n) is 5.32. The molecule has 1 aromatic carbocycles. The van der Waals surface area contributed by atoms with Crippen LogP contribution in [0.3, 0.4) is 0 Å². The maximum atomic E-state index is 5.57. The third-order valence-corrected chi connectivity index (χ3v) is 3.82. The van der Waals surface area contributed by atoms with E-state index in [1.807, 2.05) is 0 Å². The zero-order valence-electron chi connectivity index (χ0n) is 12.4. The van der Waals surface area contributed by atoms with Gasteiger partial charge in [0.15, 0.2) is 0 Å². The second-order valence-corrected chi connectivity index (χ2v) is 5.32. The van der Waals surface area contributed by atoms with Crippen LogP contribution in [0.5, 0.6) is 0 Å². The lowest BCUT2D eigenvalue weighted by Gasteiger charge is -2.11. The zero-order chi connectivity index (χ0) is 14.2. The Morgan fingerprint density at radius 3 is 2.95 bits per heavy atom. The third-order valence-electron chi connectivity index (χ3n) is 3.82. The van der Waals surface area contributed by atoms with Gasteiger partial charge in [-0.2, -0.15) is 0 Å². The van der Waals surface area contributed by atoms with Gasteiger partial charge in [-0.3, -0.25) is 0 Å². The van der Waals surface area contributed by atoms with Gasteiger partial charge in [0.25, 0.3) is 0 Å². The first-order valence-corrected chi connectivity index (χ1v) is 7.69. The number of nitrogens with two attached hydrogens (primary N) is 1. The summed E-state index contributed by atoms with van der Waals surface area (Å²) in [5, 5.41) is 0. The maximum absolute atomic E-state index is 5.57. The van der Waals surface area contributed by atoms with Crippen LogP contribution in [0.25, 0.3) is 6.08 Å². The van der Waals surface area contributed by atoms with Crippen LogP contribution in [-0.4, -0.2) is 6.54 Å². The van der Waals surface area contributed by atoms with Gasteiger partial charge in [0.05, 0.1) is 0 Å². The van der Waals surface area contributed by atoms with Crippen LogP contribution in [0.4, 0.5) is 0 Å². The van der Waals surface area contributed by atoms with E-state index in [9.17, 15) is 0 Å². The van der Waals surface area contributed by atoms with E-state index in [1.54, 1.807) is 5.57 Å². The summed E-state index contributed by atoms with van der Waals surface area (Å²) in [4.78, 5) is 0. The largest absolute Gasteiger partial charge is 0.330 e. The fourth-order valence-corrected chi connectivity index (χ4v) is 2.63. The van der Waals surface area contributed by atoms with Crippen LogP contribution in [0, 0.1) is 0 Å². The van der Waals surface area contributed by atoms with E-state index in [0.717, 1.165) is 25.8 Å². The number of benzene rings is 1. The molecule has 0 fully saturated rings. The van der Waals surface area contributed by atoms with E-state index in [-0.39, 0.29) is 0 Å². The third kappa shape index (κ3) is 4.21. The SMILES string of the molecule is CCC1=C(/C=C\c2cccc(CCCN)c2)C=CCC1. The van der Waals surface area contributed by atoms with Gasteiger partial charge in [0.1, 0.15) is 0 Å². The fraction of sp³-hybridized carbons (Fsp3) is 0.368. The molecule has 0 spiro atoms. The Labute approximate surface area is 122 Å². The molecule has 1 aliphatic rings. The molecule has 0 unspecified atom stereocenters. The van der Waals surface area contributed by atoms with Crippen molar-refractivity contribution in [2.24, 2.45) is 5.73 Å². The standard InChI is InChI=1S/C19H25N/c1-2-18-10-3-4-11-19(18)13-12-17-8-5-7-16(15-17)9-6-14-20/h4-5,7-8,11-13,15H,2-3,6,9-10,14,20H2,1H3/b13-12-. The van der Waals surface area contributed by atoms with Gasteiger partial charge in [-0.15, -0.1) is 0 Å². The molecule has 0 bridgehead atoms. The van der Waals surface area contributed by atoms with E-state index in [0.29, 0.717) is 0 Å². The van der Waals surface area contributed by atoms with Crippen molar-refractivity contribution >= 4 is 6.08 Å². The Bertz CT molecular complexity index is 520. The van der Waals surface area contributed by atoms with Crippen molar-refractivity contribution in [3.8, 4) is 0 Å². The Hall–Kier alpha value is -1.60. The van der Waals surface area contributed by atoms with E-state index < -0.39 is 0 Å². The first kappa shape index (κ1) is 14.8. The van der Waals surface area contributed by atoms with Crippen LogP contribution < -0.4 is 5.73 Å². The number of hydrogen-bond donors (Lipinski definition) is 1. The lowest BCUT2D eigenvalue weighted by atomic mass is 9.95. The summed E-state index contributed by atoms with van der Waals surface area (Å²) in [5.74, 6) is 0. The van der Waals surface area contributed by atoms with Crippen LogP contribution in [0.15, 0.2) is 53.6 Å². The van der Waals surface area contributed by atoms with E-state index >= 15 is 0 Å². The summed E-state index contributed by atoms with van der Waals surface area (Å²) in [6.07, 6.45) is 14.7. The summed E-state index contributed by atoms with van der Waals surface area (Å²) in [7, 11) is 0. The minimum absolute atomic E-state index is 0.762. The summed E-state index contributed by atoms with van der Waals surface area (Å²) in [6, 6.07) is 8.76. The normalized spacial score (nSPS) is 15.3. The van der Waals surface area contributed by atoms with Crippen LogP contribution >= 0.6 is 0 Å². The molecule has 0 heterocycles. The molecule has 1 heteroatoms. The summed E-state index contributed by atoms with van der Waals surface area (Å²) in [5.41, 5.74) is 11.2. The molecular weight excluding hydrogens is 242 g/mol. The minimum Gasteiger partial charge on any atom is -0.330 e. The van der Waals surface area contributed by atoms with Gasteiger partial charge in [-0.05, 0) is 55.3 Å². The van der Waals surface area contributed by atoms with E-state index in [2.05, 4.69) is 55.5 Å². The molecule has 2 rings (SSSR count). The average Bonchev–Trinajstić information content (AvgIpc) is 2.51. The van der Waals surface area contributed by atoms with Crippen LogP contribution in [0.1, 0.15) is 43.7 Å². The van der Waals surface area contributed by atoms with Gasteiger partial charge in [0, 0.05) is 0 Å². The topological polar surface area (TPSA) is 26.0 Å². The van der Waals surface area contributed by atoms with Gasteiger partial charge < -0.3 is 5.73 Å². The molecule has 0 aromatic heterocycles. The second kappa shape index (κ2) is 7.86. The molecule has 0 amide bonds. The quantitative estimate of drug-likeness (QED) is 0.798. The molecule has 1 aliphatic carbocycles. The van der Waals surface area contributed by atoms with E-state index in [4.69, 9.17) is 5.73 Å². The lowest BCUT2D eigenvalue weighted by Crippen LogP contribution is -2.00. The Balaban J connectivity index is 2.11. The summed E-state index contributed by atoms with van der Waals surface area (Å²) >= 11 is 0. The molecule has 20 heavy (non-hydrogen) atoms. The van der Waals surface area contributed by atoms with Gasteiger partial charge in [-0.1, -0.05) is 61.1 Å². The van der Waals surface area contributed by atoms with Crippen molar-refractivity contribution in [2.45, 2.75) is 39.0 Å². The molecule has 0 atom stereocenters. The Kier molecular flexibility index (Phi) is 5.82. The highest BCUT2D eigenvalue weighted by atomic mass is 14.5. The highest BCUT2D eigenvalue weighted by Gasteiger charge is 2.03. The van der Waals surface area contributed by atoms with Gasteiger partial charge in [0.2, 0.25) is 0 Å². The highest BCUT2D eigenvalue weighted by Crippen LogP contribution is 2.23. The Morgan fingerprint density at radius 2 is 2.15 bits per heavy atom. The smallest absolute Gasteiger partial charge is 0.00741 e. The molecule has 106 valence electrons. The number of allylic oxidation sites excluding steroid dienone is 5. The van der Waals surface area contributed by atoms with Crippen LogP contribution in [-0.2, 0) is 6.42 Å². The first-order chi connectivity index (χ1) is 9.83. The van der Waals surface area contributed by atoms with Gasteiger partial charge in [-0.25, -0.2) is 0 Å². The maximum Gasteiger partial charge on any atom is -0.00741 e. The molecule has 0 saturated heterocycles. The van der Waals surface area contributed by atoms with Crippen molar-refractivity contribution in [2.75, 3.05) is 6.54 Å². The lowest BCUT2D eigenvalue weighted by molar-refractivity contribution is 0.832. The number of rotatable bonds is 6. The molecule has 2 N–H and O–H groups in total. The van der Waals surface area contributed by atoms with Crippen molar-refractivity contribution in [1.29, 1.82) is 0 Å². The van der Waals surface area contributed by atoms with Crippen LogP contribution in [0.2, 0.25) is 0 Å². The fourth-order valence-electron chi connectivity index (χ4n) is 2.63. The molecule has 1 nitrogen and oxygen atoms in total. The van der Waals surface area contributed by atoms with Crippen molar-refractivity contribution < 1.29 is 0 Å². The molecular formula is C19H25N. The van der Waals surface area contributed by atoms with Crippen molar-refractivity contribution in [3.63, 3.8) is 0 Å². The molecule has 0 aliphatic heterocycles. The Morgan fingerprint density at radius 1 is 1.25 bits per heavy atom. The number of hydrogen-bond acceptors (Lipinski definition) is 1. The predicted octanol–water partition coefficient (Wildman–Crippen LogP) is 4.65. The van der Waals surface area contributed by atoms with E-state index in [1.165, 1.54) is 29.5 Å². The number of aryl methyl sites for hydroxylation is 1. The van der Waals surface area contributed by atoms with Crippen molar-refractivity contribution in [3.05, 3.63) is 64.8 Å². The van der Waals surface area contributed by atoms with Crippen molar-refractivity contribution in [1.82, 2.24) is 0 Å². The van der Waals surface area contributed by atoms with Gasteiger partial charge >= 0.3 is 0 Å². The molecule has 1 aromatic rings. The minimum atomic E-state index is 0.762. The molecule has 0 radical (unpaired) electrons. The first-order valence-electron chi connectivity index (χ1n) is 7.69. The molecule has 0 saturated carbocycles. The zero-order valence-corrected chi connectivity index (χ0v) is 12.4. The summed E-state index contributed by atoms with van der Waals surface area (Å²) < 4.78 is 0. The highest BCUT2D eigenvalue weighted by molar-refractivity contribution is 5.56. The average molecular weight is 267 g/mol. The predicted molar refractivity (Wildman–Crippen MR) is 88.5 cm³/mol. The monoisotopic (exact) mass is 267 g/mol. The summed E-state index contributed by atoms with van der Waals surface area (Å²) in [6.45, 7) is 3.01.